The monoisotopic (exact) mass is 675 g/mol. The number of likely N-dealkylation sites (tertiary alicyclic amines) is 1. The van der Waals surface area contributed by atoms with Gasteiger partial charge in [0.2, 0.25) is 5.91 Å². The molecule has 1 amide bonds. The van der Waals surface area contributed by atoms with Crippen molar-refractivity contribution in [1.82, 2.24) is 14.2 Å². The van der Waals surface area contributed by atoms with Crippen molar-refractivity contribution in [3.05, 3.63) is 70.8 Å². The van der Waals surface area contributed by atoms with Crippen molar-refractivity contribution in [3.8, 4) is 17.6 Å². The number of benzene rings is 2. The van der Waals surface area contributed by atoms with Crippen LogP contribution in [-0.2, 0) is 27.9 Å². The van der Waals surface area contributed by atoms with Gasteiger partial charge in [0.25, 0.3) is 10.0 Å². The molecule has 16 heteroatoms. The number of aromatic nitrogens is 1. The van der Waals surface area contributed by atoms with E-state index in [2.05, 4.69) is 27.4 Å². The number of ether oxygens (including phenoxy) is 1. The molecule has 0 atom stereocenters. The zero-order valence-corrected chi connectivity index (χ0v) is 26.3. The van der Waals surface area contributed by atoms with Crippen LogP contribution >= 0.6 is 0 Å². The van der Waals surface area contributed by atoms with E-state index in [0.29, 0.717) is 34.6 Å². The van der Waals surface area contributed by atoms with Gasteiger partial charge in [-0.2, -0.15) is 13.2 Å². The molecule has 0 bridgehead atoms. The van der Waals surface area contributed by atoms with Gasteiger partial charge in [-0.05, 0) is 49.1 Å². The number of nitrogens with zero attached hydrogens (tertiary/aromatic N) is 2. The summed E-state index contributed by atoms with van der Waals surface area (Å²) in [5, 5.41) is 7.08. The number of carbonyl (C=O) groups excluding carboxylic acids is 1. The fraction of sp³-hybridized carbons (Fsp3) is 0.355. The molecular formula is C31H32F3N5O7S. The number of hydrogen-bond donors (Lipinski definition) is 3. The van der Waals surface area contributed by atoms with Crippen LogP contribution in [-0.4, -0.2) is 62.8 Å². The lowest BCUT2D eigenvalue weighted by molar-refractivity contribution is -0.140. The second-order valence-electron chi connectivity index (χ2n) is 10.9. The second-order valence-corrected chi connectivity index (χ2v) is 12.6. The van der Waals surface area contributed by atoms with Gasteiger partial charge in [0.05, 0.1) is 42.0 Å². The first kappa shape index (κ1) is 33.5. The SMILES string of the molecule is COc1cc(S(=O)(=O)NC(C)=O)ccc1NCC#Cc1cc2c(NC3CCN(Cc4coc(=O)o4)CC3)cccc2n1CC(F)(F)F. The minimum absolute atomic E-state index is 0.00754. The molecule has 4 aromatic rings. The normalized spacial score (nSPS) is 14.4. The summed E-state index contributed by atoms with van der Waals surface area (Å²) in [7, 11) is -2.74. The minimum Gasteiger partial charge on any atom is -0.495 e. The third kappa shape index (κ3) is 8.48. The number of piperidine rings is 1. The fourth-order valence-corrected chi connectivity index (χ4v) is 6.39. The number of rotatable bonds is 10. The van der Waals surface area contributed by atoms with E-state index in [1.165, 1.54) is 31.6 Å². The van der Waals surface area contributed by atoms with Crippen LogP contribution in [0.25, 0.3) is 10.9 Å². The molecule has 0 unspecified atom stereocenters. The predicted molar refractivity (Wildman–Crippen MR) is 167 cm³/mol. The maximum Gasteiger partial charge on any atom is 0.518 e. The largest absolute Gasteiger partial charge is 0.518 e. The number of sulfonamides is 1. The van der Waals surface area contributed by atoms with Crippen LogP contribution in [0.15, 0.2) is 67.3 Å². The summed E-state index contributed by atoms with van der Waals surface area (Å²) in [6.45, 7) is 1.75. The highest BCUT2D eigenvalue weighted by Gasteiger charge is 2.30. The van der Waals surface area contributed by atoms with Gasteiger partial charge in [0, 0.05) is 43.2 Å². The van der Waals surface area contributed by atoms with Crippen LogP contribution in [0.1, 0.15) is 31.2 Å². The number of anilines is 2. The van der Waals surface area contributed by atoms with E-state index >= 15 is 0 Å². The molecule has 5 rings (SSSR count). The highest BCUT2D eigenvalue weighted by molar-refractivity contribution is 7.90. The molecule has 1 aliphatic rings. The van der Waals surface area contributed by atoms with E-state index in [1.54, 1.807) is 18.2 Å². The van der Waals surface area contributed by atoms with Crippen LogP contribution in [0, 0.1) is 11.8 Å². The van der Waals surface area contributed by atoms with Crippen molar-refractivity contribution in [2.75, 3.05) is 37.4 Å². The summed E-state index contributed by atoms with van der Waals surface area (Å²) in [6, 6.07) is 10.8. The van der Waals surface area contributed by atoms with Crippen LogP contribution in [0.4, 0.5) is 24.5 Å². The Labute approximate surface area is 267 Å². The molecule has 1 aliphatic heterocycles. The van der Waals surface area contributed by atoms with Crippen molar-refractivity contribution in [1.29, 1.82) is 0 Å². The molecule has 1 fully saturated rings. The smallest absolute Gasteiger partial charge is 0.495 e. The topological polar surface area (TPSA) is 148 Å². The third-order valence-corrected chi connectivity index (χ3v) is 8.89. The van der Waals surface area contributed by atoms with Crippen LogP contribution in [0.3, 0.4) is 0 Å². The molecule has 0 radical (unpaired) electrons. The zero-order chi connectivity index (χ0) is 33.8. The molecule has 2 aromatic carbocycles. The molecule has 12 nitrogen and oxygen atoms in total. The first-order valence-corrected chi connectivity index (χ1v) is 16.0. The Morgan fingerprint density at radius 2 is 1.89 bits per heavy atom. The van der Waals surface area contributed by atoms with E-state index in [4.69, 9.17) is 13.6 Å². The molecular weight excluding hydrogens is 643 g/mol. The number of carbonyl (C=O) groups is 1. The molecule has 0 spiro atoms. The molecule has 250 valence electrons. The Bertz CT molecular complexity index is 1980. The predicted octanol–water partition coefficient (Wildman–Crippen LogP) is 4.12. The van der Waals surface area contributed by atoms with Crippen LogP contribution < -0.4 is 25.9 Å². The quantitative estimate of drug-likeness (QED) is 0.210. The Balaban J connectivity index is 1.31. The van der Waals surface area contributed by atoms with Gasteiger partial charge in [-0.3, -0.25) is 9.69 Å². The minimum atomic E-state index is -4.49. The van der Waals surface area contributed by atoms with Gasteiger partial charge >= 0.3 is 12.0 Å². The number of hydrogen-bond acceptors (Lipinski definition) is 10. The molecule has 0 saturated carbocycles. The molecule has 47 heavy (non-hydrogen) atoms. The lowest BCUT2D eigenvalue weighted by atomic mass is 10.0. The summed E-state index contributed by atoms with van der Waals surface area (Å²) >= 11 is 0. The van der Waals surface area contributed by atoms with E-state index in [-0.39, 0.29) is 28.9 Å². The highest BCUT2D eigenvalue weighted by atomic mass is 32.2. The summed E-state index contributed by atoms with van der Waals surface area (Å²) in [6.07, 6.45) is -1.65. The van der Waals surface area contributed by atoms with Gasteiger partial charge in [-0.1, -0.05) is 12.0 Å². The molecule has 1 saturated heterocycles. The summed E-state index contributed by atoms with van der Waals surface area (Å²) in [5.41, 5.74) is 1.65. The van der Waals surface area contributed by atoms with Crippen LogP contribution in [0.2, 0.25) is 0 Å². The van der Waals surface area contributed by atoms with Crippen molar-refractivity contribution in [2.45, 2.75) is 50.0 Å². The Hall–Kier alpha value is -4.88. The summed E-state index contributed by atoms with van der Waals surface area (Å²) < 4.78 is 83.6. The lowest BCUT2D eigenvalue weighted by Gasteiger charge is -2.32. The number of alkyl halides is 3. The Morgan fingerprint density at radius 1 is 1.13 bits per heavy atom. The number of halogens is 3. The molecule has 3 heterocycles. The molecule has 3 N–H and O–H groups in total. The summed E-state index contributed by atoms with van der Waals surface area (Å²) in [5.74, 6) is 4.82. The maximum atomic E-state index is 13.7. The molecule has 0 aliphatic carbocycles. The van der Waals surface area contributed by atoms with Crippen LogP contribution in [0.5, 0.6) is 5.75 Å². The first-order valence-electron chi connectivity index (χ1n) is 14.5. The molecule has 2 aromatic heterocycles. The van der Waals surface area contributed by atoms with E-state index < -0.39 is 34.5 Å². The zero-order valence-electron chi connectivity index (χ0n) is 25.4. The lowest BCUT2D eigenvalue weighted by Crippen LogP contribution is -2.38. The summed E-state index contributed by atoms with van der Waals surface area (Å²) in [4.78, 5) is 24.3. The van der Waals surface area contributed by atoms with Gasteiger partial charge in [0.1, 0.15) is 18.6 Å². The van der Waals surface area contributed by atoms with Gasteiger partial charge < -0.3 is 28.8 Å². The van der Waals surface area contributed by atoms with E-state index in [9.17, 15) is 31.2 Å². The van der Waals surface area contributed by atoms with Gasteiger partial charge in [0.15, 0.2) is 5.76 Å². The van der Waals surface area contributed by atoms with Crippen molar-refractivity contribution in [3.63, 3.8) is 0 Å². The first-order chi connectivity index (χ1) is 22.3. The third-order valence-electron chi connectivity index (χ3n) is 7.46. The number of amides is 1. The number of fused-ring (bicyclic) bond motifs is 1. The Kier molecular flexibility index (Phi) is 9.87. The number of nitrogens with one attached hydrogen (secondary N) is 3. The van der Waals surface area contributed by atoms with E-state index in [0.717, 1.165) is 37.4 Å². The van der Waals surface area contributed by atoms with Gasteiger partial charge in [-0.25, -0.2) is 17.9 Å². The van der Waals surface area contributed by atoms with Gasteiger partial charge in [-0.15, -0.1) is 0 Å². The number of methoxy groups -OCH3 is 1. The van der Waals surface area contributed by atoms with E-state index in [1.807, 2.05) is 10.8 Å². The Morgan fingerprint density at radius 3 is 2.55 bits per heavy atom. The fourth-order valence-electron chi connectivity index (χ4n) is 5.38. The average Bonchev–Trinajstić information content (AvgIpc) is 3.57. The van der Waals surface area contributed by atoms with Crippen molar-refractivity contribution < 1.29 is 40.0 Å². The van der Waals surface area contributed by atoms with Crippen molar-refractivity contribution >= 4 is 38.2 Å². The maximum absolute atomic E-state index is 13.7. The second kappa shape index (κ2) is 13.9. The highest BCUT2D eigenvalue weighted by Crippen LogP contribution is 2.32. The standard InChI is InChI=1S/C31H32F3N5O7S/c1-20(40)37-47(42,43)24-8-9-27(29(16-24)44-2)35-12-4-5-22-15-25-26(6-3-7-28(25)39(22)19-31(32,33)34)36-21-10-13-38(14-11-21)17-23-18-45-30(41)46-23/h3,6-9,15-16,18,21,35-36H,10-14,17,19H2,1-2H3,(H,37,40). The average molecular weight is 676 g/mol. The van der Waals surface area contributed by atoms with Crippen molar-refractivity contribution in [2.24, 2.45) is 0 Å².